The van der Waals surface area contributed by atoms with Crippen LogP contribution in [0.3, 0.4) is 0 Å². The lowest BCUT2D eigenvalue weighted by atomic mass is 10.1. The van der Waals surface area contributed by atoms with Gasteiger partial charge in [-0.05, 0) is 23.7 Å². The second-order valence-electron chi connectivity index (χ2n) is 5.19. The van der Waals surface area contributed by atoms with E-state index in [1.807, 2.05) is 49.4 Å². The van der Waals surface area contributed by atoms with Gasteiger partial charge in [0, 0.05) is 11.3 Å². The highest BCUT2D eigenvalue weighted by Gasteiger charge is 2.14. The Morgan fingerprint density at radius 1 is 1.09 bits per heavy atom. The molecule has 0 radical (unpaired) electrons. The summed E-state index contributed by atoms with van der Waals surface area (Å²) >= 11 is 0. The summed E-state index contributed by atoms with van der Waals surface area (Å²) in [6.07, 6.45) is 1.64. The van der Waals surface area contributed by atoms with Crippen molar-refractivity contribution in [1.82, 2.24) is 5.27 Å². The maximum absolute atomic E-state index is 11.9. The van der Waals surface area contributed by atoms with Crippen LogP contribution in [0.25, 0.3) is 0 Å². The number of nitrogens with one attached hydrogen (secondary N) is 2. The Morgan fingerprint density at radius 3 is 2.57 bits per heavy atom. The van der Waals surface area contributed by atoms with Gasteiger partial charge in [-0.3, -0.25) is 9.84 Å². The summed E-state index contributed by atoms with van der Waals surface area (Å²) in [4.78, 5) is 11.9. The maximum Gasteiger partial charge on any atom is 0.326 e. The van der Waals surface area contributed by atoms with Crippen molar-refractivity contribution in [2.24, 2.45) is 0 Å². The van der Waals surface area contributed by atoms with Gasteiger partial charge in [0.05, 0.1) is 0 Å². The molecule has 3 rings (SSSR count). The molecule has 0 atom stereocenters. The molecular formula is C17H17N4O2+. The van der Waals surface area contributed by atoms with E-state index in [1.54, 1.807) is 23.0 Å². The van der Waals surface area contributed by atoms with Crippen molar-refractivity contribution in [2.75, 3.05) is 10.6 Å². The molecule has 116 valence electrons. The van der Waals surface area contributed by atoms with E-state index in [0.29, 0.717) is 12.2 Å². The van der Waals surface area contributed by atoms with Crippen LogP contribution in [0.5, 0.6) is 0 Å². The number of amides is 2. The molecule has 3 aromatic rings. The minimum Gasteiger partial charge on any atom is -0.308 e. The fourth-order valence-corrected chi connectivity index (χ4v) is 2.08. The van der Waals surface area contributed by atoms with Crippen molar-refractivity contribution in [3.05, 3.63) is 71.9 Å². The fourth-order valence-electron chi connectivity index (χ4n) is 2.08. The molecule has 6 nitrogen and oxygen atoms in total. The molecule has 23 heavy (non-hydrogen) atoms. The standard InChI is InChI=1S/C17H16N4O2/c1-13-7-9-14(10-8-13)11-21-12-16(23-20-21)19-17(22)18-15-5-3-2-4-6-15/h2-10,12H,11H2,1H3,(H-,18,19,20,22)/p+1. The van der Waals surface area contributed by atoms with Crippen LogP contribution in [-0.2, 0) is 6.54 Å². The third kappa shape index (κ3) is 4.16. The molecule has 1 aromatic heterocycles. The predicted octanol–water partition coefficient (Wildman–Crippen LogP) is 2.96. The van der Waals surface area contributed by atoms with Crippen LogP contribution in [0.15, 0.2) is 65.3 Å². The third-order valence-electron chi connectivity index (χ3n) is 3.24. The number of rotatable bonds is 4. The van der Waals surface area contributed by atoms with Crippen molar-refractivity contribution in [1.29, 1.82) is 0 Å². The normalized spacial score (nSPS) is 10.3. The summed E-state index contributed by atoms with van der Waals surface area (Å²) < 4.78 is 6.74. The zero-order valence-corrected chi connectivity index (χ0v) is 12.7. The number of carbonyl (C=O) groups is 1. The minimum atomic E-state index is -0.380. The zero-order chi connectivity index (χ0) is 16.1. The Kier molecular flexibility index (Phi) is 4.33. The quantitative estimate of drug-likeness (QED) is 0.728. The highest BCUT2D eigenvalue weighted by atomic mass is 16.5. The number of para-hydroxylation sites is 1. The van der Waals surface area contributed by atoms with E-state index in [2.05, 4.69) is 15.9 Å². The lowest BCUT2D eigenvalue weighted by Crippen LogP contribution is -2.35. The molecule has 2 amide bonds. The van der Waals surface area contributed by atoms with Gasteiger partial charge >= 0.3 is 11.9 Å². The van der Waals surface area contributed by atoms with E-state index in [-0.39, 0.29) is 11.9 Å². The van der Waals surface area contributed by atoms with Crippen LogP contribution >= 0.6 is 0 Å². The van der Waals surface area contributed by atoms with Gasteiger partial charge < -0.3 is 5.32 Å². The number of urea groups is 1. The first kappa shape index (κ1) is 14.8. The largest absolute Gasteiger partial charge is 0.326 e. The molecule has 0 saturated heterocycles. The molecule has 0 aliphatic rings. The average molecular weight is 309 g/mol. The summed E-state index contributed by atoms with van der Waals surface area (Å²) in [6, 6.07) is 17.0. The number of hydrogen-bond acceptors (Lipinski definition) is 3. The number of anilines is 2. The number of benzene rings is 2. The van der Waals surface area contributed by atoms with Gasteiger partial charge in [0.25, 0.3) is 6.20 Å². The van der Waals surface area contributed by atoms with Crippen LogP contribution < -0.4 is 15.3 Å². The fraction of sp³-hybridized carbons (Fsp3) is 0.118. The second kappa shape index (κ2) is 6.74. The lowest BCUT2D eigenvalue weighted by molar-refractivity contribution is -0.754. The number of carbonyl (C=O) groups excluding carboxylic acids is 1. The van der Waals surface area contributed by atoms with Crippen molar-refractivity contribution >= 4 is 17.6 Å². The lowest BCUT2D eigenvalue weighted by Gasteiger charge is -2.02. The minimum absolute atomic E-state index is 0.283. The van der Waals surface area contributed by atoms with Crippen molar-refractivity contribution in [2.45, 2.75) is 13.5 Å². The smallest absolute Gasteiger partial charge is 0.308 e. The number of hydrogen-bond donors (Lipinski definition) is 2. The van der Waals surface area contributed by atoms with Crippen molar-refractivity contribution < 1.29 is 14.0 Å². The van der Waals surface area contributed by atoms with Crippen molar-refractivity contribution in [3.63, 3.8) is 0 Å². The van der Waals surface area contributed by atoms with Gasteiger partial charge in [-0.15, -0.1) is 0 Å². The van der Waals surface area contributed by atoms with Gasteiger partial charge in [-0.1, -0.05) is 48.0 Å². The van der Waals surface area contributed by atoms with Gasteiger partial charge in [0.2, 0.25) is 11.8 Å². The highest BCUT2D eigenvalue weighted by molar-refractivity contribution is 5.98. The van der Waals surface area contributed by atoms with E-state index in [9.17, 15) is 4.79 Å². The first-order chi connectivity index (χ1) is 11.2. The SMILES string of the molecule is Cc1ccc(C[n+]2cc(NC(=O)Nc3ccccc3)on2)cc1. The van der Waals surface area contributed by atoms with Crippen LogP contribution in [0.1, 0.15) is 11.1 Å². The highest BCUT2D eigenvalue weighted by Crippen LogP contribution is 2.08. The molecule has 1 heterocycles. The molecule has 0 aliphatic heterocycles. The molecule has 0 fully saturated rings. The van der Waals surface area contributed by atoms with E-state index in [0.717, 1.165) is 5.56 Å². The molecule has 0 saturated carbocycles. The Balaban J connectivity index is 1.58. The number of aryl methyl sites for hydroxylation is 1. The van der Waals surface area contributed by atoms with E-state index in [1.165, 1.54) is 5.56 Å². The first-order valence-electron chi connectivity index (χ1n) is 7.24. The summed E-state index contributed by atoms with van der Waals surface area (Å²) in [5.41, 5.74) is 3.02. The summed E-state index contributed by atoms with van der Waals surface area (Å²) in [5.74, 6) is 0.283. The Bertz CT molecular complexity index is 782. The van der Waals surface area contributed by atoms with E-state index < -0.39 is 0 Å². The van der Waals surface area contributed by atoms with Gasteiger partial charge in [-0.2, -0.15) is 0 Å². The summed E-state index contributed by atoms with van der Waals surface area (Å²) in [5, 5.41) is 9.21. The van der Waals surface area contributed by atoms with Crippen LogP contribution in [0, 0.1) is 6.92 Å². The van der Waals surface area contributed by atoms with Gasteiger partial charge in [0.1, 0.15) is 0 Å². The van der Waals surface area contributed by atoms with Crippen LogP contribution in [-0.4, -0.2) is 11.3 Å². The molecule has 2 aromatic carbocycles. The van der Waals surface area contributed by atoms with E-state index in [4.69, 9.17) is 4.52 Å². The molecule has 2 N–H and O–H groups in total. The zero-order valence-electron chi connectivity index (χ0n) is 12.7. The molecule has 0 spiro atoms. The molecule has 0 bridgehead atoms. The predicted molar refractivity (Wildman–Crippen MR) is 86.1 cm³/mol. The Hall–Kier alpha value is -3.15. The Morgan fingerprint density at radius 2 is 1.83 bits per heavy atom. The number of aromatic nitrogens is 2. The van der Waals surface area contributed by atoms with Crippen molar-refractivity contribution in [3.8, 4) is 0 Å². The Labute approximate surface area is 133 Å². The number of nitrogens with zero attached hydrogens (tertiary/aromatic N) is 2. The molecule has 6 heteroatoms. The molecular weight excluding hydrogens is 292 g/mol. The second-order valence-corrected chi connectivity index (χ2v) is 5.19. The average Bonchev–Trinajstić information content (AvgIpc) is 2.97. The third-order valence-corrected chi connectivity index (χ3v) is 3.24. The first-order valence-corrected chi connectivity index (χ1v) is 7.24. The monoisotopic (exact) mass is 309 g/mol. The maximum atomic E-state index is 11.9. The van der Waals surface area contributed by atoms with Gasteiger partial charge in [-0.25, -0.2) is 4.79 Å². The van der Waals surface area contributed by atoms with Crippen LogP contribution in [0.2, 0.25) is 0 Å². The molecule has 0 aliphatic carbocycles. The topological polar surface area (TPSA) is 71.0 Å². The van der Waals surface area contributed by atoms with E-state index >= 15 is 0 Å². The van der Waals surface area contributed by atoms with Crippen LogP contribution in [0.4, 0.5) is 16.4 Å². The van der Waals surface area contributed by atoms with Gasteiger partial charge in [0.15, 0.2) is 0 Å². The summed E-state index contributed by atoms with van der Waals surface area (Å²) in [7, 11) is 0. The molecule has 0 unspecified atom stereocenters. The summed E-state index contributed by atoms with van der Waals surface area (Å²) in [6.45, 7) is 2.62.